The van der Waals surface area contributed by atoms with Crippen LogP contribution in [0.4, 0.5) is 0 Å². The first-order chi connectivity index (χ1) is 5.68. The average molecular weight is 198 g/mol. The Bertz CT molecular complexity index is 139. The van der Waals surface area contributed by atoms with Crippen molar-refractivity contribution in [3.05, 3.63) is 0 Å². The molecule has 5 nitrogen and oxygen atoms in total. The number of rotatable bonds is 7. The maximum atomic E-state index is 11.5. The predicted molar refractivity (Wildman–Crippen MR) is 44.3 cm³/mol. The highest BCUT2D eigenvalue weighted by molar-refractivity contribution is 7.53. The van der Waals surface area contributed by atoms with E-state index in [1.165, 1.54) is 0 Å². The van der Waals surface area contributed by atoms with E-state index in [4.69, 9.17) is 14.3 Å². The Kier molecular flexibility index (Phi) is 6.61. The van der Waals surface area contributed by atoms with Crippen LogP contribution in [-0.4, -0.2) is 31.2 Å². The van der Waals surface area contributed by atoms with Gasteiger partial charge >= 0.3 is 7.60 Å². The minimum Gasteiger partial charge on any atom is -0.309 e. The third-order valence-corrected chi connectivity index (χ3v) is 3.14. The van der Waals surface area contributed by atoms with Crippen molar-refractivity contribution in [1.29, 1.82) is 0 Å². The van der Waals surface area contributed by atoms with Gasteiger partial charge in [0.15, 0.2) is 0 Å². The lowest BCUT2D eigenvalue weighted by Gasteiger charge is -2.15. The fourth-order valence-electron chi connectivity index (χ4n) is 0.712. The van der Waals surface area contributed by atoms with Crippen LogP contribution in [0.5, 0.6) is 0 Å². The van der Waals surface area contributed by atoms with E-state index in [0.29, 0.717) is 13.2 Å². The summed E-state index contributed by atoms with van der Waals surface area (Å²) >= 11 is 0. The predicted octanol–water partition coefficient (Wildman–Crippen LogP) is 1.74. The van der Waals surface area contributed by atoms with Crippen LogP contribution >= 0.6 is 7.60 Å². The van der Waals surface area contributed by atoms with Gasteiger partial charge in [0.25, 0.3) is 0 Å². The van der Waals surface area contributed by atoms with E-state index in [9.17, 15) is 4.57 Å². The minimum absolute atomic E-state index is 0.0444. The van der Waals surface area contributed by atoms with Crippen molar-refractivity contribution in [3.63, 3.8) is 0 Å². The summed E-state index contributed by atoms with van der Waals surface area (Å²) in [5, 5.41) is 8.03. The summed E-state index contributed by atoms with van der Waals surface area (Å²) in [6.07, 6.45) is 0.0746. The third kappa shape index (κ3) is 4.85. The molecule has 0 aliphatic carbocycles. The summed E-state index contributed by atoms with van der Waals surface area (Å²) in [5.41, 5.74) is 0. The van der Waals surface area contributed by atoms with Gasteiger partial charge in [-0.25, -0.2) is 4.89 Å². The fraction of sp³-hybridized carbons (Fsp3) is 1.00. The van der Waals surface area contributed by atoms with Crippen LogP contribution in [0.3, 0.4) is 0 Å². The molecule has 0 rings (SSSR count). The lowest BCUT2D eigenvalue weighted by atomic mass is 10.9. The Hall–Kier alpha value is 0.0700. The number of hydrogen-bond acceptors (Lipinski definition) is 5. The molecule has 0 heterocycles. The Balaban J connectivity index is 3.90. The smallest absolute Gasteiger partial charge is 0.309 e. The summed E-state index contributed by atoms with van der Waals surface area (Å²) < 4.78 is 21.4. The van der Waals surface area contributed by atoms with Gasteiger partial charge in [-0.3, -0.25) is 9.82 Å². The van der Waals surface area contributed by atoms with Gasteiger partial charge in [-0.2, -0.15) is 0 Å². The fourth-order valence-corrected chi connectivity index (χ4v) is 2.14. The monoisotopic (exact) mass is 198 g/mol. The van der Waals surface area contributed by atoms with Crippen molar-refractivity contribution >= 4 is 7.60 Å². The average Bonchev–Trinajstić information content (AvgIpc) is 2.02. The van der Waals surface area contributed by atoms with Crippen LogP contribution in [0.15, 0.2) is 0 Å². The molecule has 0 saturated carbocycles. The first kappa shape index (κ1) is 12.1. The lowest BCUT2D eigenvalue weighted by Crippen LogP contribution is -2.04. The molecule has 0 amide bonds. The maximum absolute atomic E-state index is 11.5. The lowest BCUT2D eigenvalue weighted by molar-refractivity contribution is -0.237. The zero-order chi connectivity index (χ0) is 9.45. The molecule has 0 saturated heterocycles. The van der Waals surface area contributed by atoms with Crippen molar-refractivity contribution < 1.29 is 23.8 Å². The molecular formula is C6H15O5P. The third-order valence-electron chi connectivity index (χ3n) is 1.11. The highest BCUT2D eigenvalue weighted by atomic mass is 31.2. The molecule has 0 aromatic heterocycles. The second-order valence-corrected chi connectivity index (χ2v) is 4.19. The van der Waals surface area contributed by atoms with Crippen molar-refractivity contribution in [2.24, 2.45) is 0 Å². The Labute approximate surface area is 72.1 Å². The molecule has 0 aromatic carbocycles. The van der Waals surface area contributed by atoms with Crippen molar-refractivity contribution in [2.45, 2.75) is 13.8 Å². The molecular weight excluding hydrogens is 183 g/mol. The molecule has 0 atom stereocenters. The van der Waals surface area contributed by atoms with E-state index >= 15 is 0 Å². The highest BCUT2D eigenvalue weighted by Crippen LogP contribution is 2.47. The molecule has 0 spiro atoms. The van der Waals surface area contributed by atoms with Crippen LogP contribution in [-0.2, 0) is 18.5 Å². The molecule has 0 aliphatic heterocycles. The van der Waals surface area contributed by atoms with E-state index in [0.717, 1.165) is 0 Å². The second-order valence-electron chi connectivity index (χ2n) is 2.00. The highest BCUT2D eigenvalue weighted by Gasteiger charge is 2.22. The molecule has 0 radical (unpaired) electrons. The van der Waals surface area contributed by atoms with Crippen molar-refractivity contribution in [2.75, 3.05) is 26.0 Å². The van der Waals surface area contributed by atoms with Crippen LogP contribution in [0.2, 0.25) is 0 Å². The van der Waals surface area contributed by atoms with Gasteiger partial charge in [0.05, 0.1) is 26.0 Å². The molecule has 0 bridgehead atoms. The molecule has 0 aliphatic rings. The first-order valence-electron chi connectivity index (χ1n) is 3.83. The van der Waals surface area contributed by atoms with Crippen molar-refractivity contribution in [3.8, 4) is 0 Å². The molecule has 0 aromatic rings. The summed E-state index contributed by atoms with van der Waals surface area (Å²) in [7, 11) is -3.02. The Morgan fingerprint density at radius 2 is 1.75 bits per heavy atom. The van der Waals surface area contributed by atoms with Gasteiger partial charge in [-0.1, -0.05) is 0 Å². The van der Waals surface area contributed by atoms with Gasteiger partial charge in [0.1, 0.15) is 0 Å². The quantitative estimate of drug-likeness (QED) is 0.383. The topological polar surface area (TPSA) is 65.0 Å². The number of hydrogen-bond donors (Lipinski definition) is 1. The summed E-state index contributed by atoms with van der Waals surface area (Å²) in [6, 6.07) is 0. The van der Waals surface area contributed by atoms with E-state index in [-0.39, 0.29) is 12.8 Å². The summed E-state index contributed by atoms with van der Waals surface area (Å²) in [4.78, 5) is 3.80. The molecule has 0 fully saturated rings. The van der Waals surface area contributed by atoms with E-state index in [1.807, 2.05) is 0 Å². The minimum atomic E-state index is -3.02. The van der Waals surface area contributed by atoms with E-state index < -0.39 is 7.60 Å². The van der Waals surface area contributed by atoms with Crippen LogP contribution in [0.25, 0.3) is 0 Å². The molecule has 1 N–H and O–H groups in total. The molecule has 12 heavy (non-hydrogen) atoms. The normalized spacial score (nSPS) is 11.9. The van der Waals surface area contributed by atoms with Gasteiger partial charge in [-0.15, -0.1) is 0 Å². The van der Waals surface area contributed by atoms with Crippen LogP contribution in [0.1, 0.15) is 13.8 Å². The van der Waals surface area contributed by atoms with Gasteiger partial charge < -0.3 is 9.05 Å². The summed E-state index contributed by atoms with van der Waals surface area (Å²) in [5.74, 6) is 0. The van der Waals surface area contributed by atoms with E-state index in [2.05, 4.69) is 4.89 Å². The van der Waals surface area contributed by atoms with E-state index in [1.54, 1.807) is 13.8 Å². The van der Waals surface area contributed by atoms with Gasteiger partial charge in [0.2, 0.25) is 0 Å². The van der Waals surface area contributed by atoms with Crippen LogP contribution < -0.4 is 0 Å². The summed E-state index contributed by atoms with van der Waals surface area (Å²) in [6.45, 7) is 4.06. The zero-order valence-corrected chi connectivity index (χ0v) is 8.25. The maximum Gasteiger partial charge on any atom is 0.333 e. The Morgan fingerprint density at radius 1 is 1.25 bits per heavy atom. The van der Waals surface area contributed by atoms with Gasteiger partial charge in [0, 0.05) is 0 Å². The van der Waals surface area contributed by atoms with Gasteiger partial charge in [-0.05, 0) is 13.8 Å². The Morgan fingerprint density at radius 3 is 2.08 bits per heavy atom. The van der Waals surface area contributed by atoms with Crippen molar-refractivity contribution in [1.82, 2.24) is 0 Å². The second kappa shape index (κ2) is 6.57. The zero-order valence-electron chi connectivity index (χ0n) is 7.36. The SMILES string of the molecule is CCOP(=O)(CCOO)OCC. The standard InChI is InChI=1S/C6H15O5P/c1-3-10-12(8,11-4-2)6-5-9-7/h7H,3-6H2,1-2H3. The molecule has 74 valence electrons. The largest absolute Gasteiger partial charge is 0.333 e. The van der Waals surface area contributed by atoms with Crippen LogP contribution in [0, 0.1) is 0 Å². The molecule has 6 heteroatoms. The molecule has 0 unspecified atom stereocenters. The first-order valence-corrected chi connectivity index (χ1v) is 5.55.